The average Bonchev–Trinajstić information content (AvgIpc) is 2.70. The molecule has 0 aliphatic carbocycles. The topological polar surface area (TPSA) is 50.4 Å². The highest BCUT2D eigenvalue weighted by atomic mass is 35.5. The van der Waals surface area contributed by atoms with Crippen LogP contribution in [0.3, 0.4) is 0 Å². The van der Waals surface area contributed by atoms with E-state index in [-0.39, 0.29) is 17.5 Å². The van der Waals surface area contributed by atoms with Gasteiger partial charge in [-0.1, -0.05) is 48.0 Å². The number of carbonyl (C=O) groups is 1. The fraction of sp³-hybridized carbons (Fsp3) is 0.136. The quantitative estimate of drug-likeness (QED) is 0.551. The van der Waals surface area contributed by atoms with Crippen molar-refractivity contribution in [3.63, 3.8) is 0 Å². The molecule has 0 spiro atoms. The summed E-state index contributed by atoms with van der Waals surface area (Å²) in [7, 11) is 0. The van der Waals surface area contributed by atoms with Gasteiger partial charge in [-0.05, 0) is 35.9 Å². The zero-order chi connectivity index (χ0) is 19.8. The number of carbonyl (C=O) groups excluding carboxylic acids is 1. The summed E-state index contributed by atoms with van der Waals surface area (Å²) in [4.78, 5) is 12.1. The third kappa shape index (κ3) is 5.99. The molecule has 2 N–H and O–H groups in total. The van der Waals surface area contributed by atoms with Gasteiger partial charge in [0.05, 0.1) is 18.2 Å². The van der Waals surface area contributed by atoms with Crippen LogP contribution in [-0.4, -0.2) is 19.1 Å². The molecule has 0 aromatic heterocycles. The molecule has 144 valence electrons. The molecule has 0 heterocycles. The fourth-order valence-corrected chi connectivity index (χ4v) is 2.77. The maximum absolute atomic E-state index is 13.2. The van der Waals surface area contributed by atoms with Crippen LogP contribution in [0.1, 0.15) is 5.56 Å². The first-order valence-electron chi connectivity index (χ1n) is 8.86. The van der Waals surface area contributed by atoms with Crippen LogP contribution in [0, 0.1) is 5.82 Å². The molecule has 3 aromatic carbocycles. The molecule has 0 bridgehead atoms. The van der Waals surface area contributed by atoms with Crippen molar-refractivity contribution in [2.75, 3.05) is 23.8 Å². The molecule has 0 radical (unpaired) electrons. The van der Waals surface area contributed by atoms with Gasteiger partial charge >= 0.3 is 0 Å². The smallest absolute Gasteiger partial charge is 0.243 e. The Bertz CT molecular complexity index is 935. The molecule has 6 heteroatoms. The maximum atomic E-state index is 13.2. The second-order valence-electron chi connectivity index (χ2n) is 6.14. The minimum Gasteiger partial charge on any atom is -0.493 e. The summed E-state index contributed by atoms with van der Waals surface area (Å²) < 4.78 is 18.9. The molecule has 0 saturated carbocycles. The van der Waals surface area contributed by atoms with Crippen LogP contribution in [0.25, 0.3) is 0 Å². The number of anilines is 2. The number of halogens is 2. The van der Waals surface area contributed by atoms with Crippen LogP contribution in [0.2, 0.25) is 5.02 Å². The van der Waals surface area contributed by atoms with Gasteiger partial charge in [-0.15, -0.1) is 0 Å². The third-order valence-corrected chi connectivity index (χ3v) is 4.28. The Kier molecular flexibility index (Phi) is 6.87. The number of hydrogen-bond acceptors (Lipinski definition) is 3. The molecule has 4 nitrogen and oxygen atoms in total. The van der Waals surface area contributed by atoms with E-state index in [0.717, 1.165) is 6.42 Å². The second-order valence-corrected chi connectivity index (χ2v) is 6.55. The third-order valence-electron chi connectivity index (χ3n) is 3.99. The highest BCUT2D eigenvalue weighted by Gasteiger charge is 2.05. The van der Waals surface area contributed by atoms with Gasteiger partial charge in [0.25, 0.3) is 0 Å². The number of hydrogen-bond donors (Lipinski definition) is 2. The van der Waals surface area contributed by atoms with Crippen molar-refractivity contribution in [1.29, 1.82) is 0 Å². The molecule has 0 fully saturated rings. The number of ether oxygens (including phenoxy) is 1. The van der Waals surface area contributed by atoms with Crippen molar-refractivity contribution >= 4 is 28.9 Å². The summed E-state index contributed by atoms with van der Waals surface area (Å²) in [6.45, 7) is 0.579. The molecule has 28 heavy (non-hydrogen) atoms. The van der Waals surface area contributed by atoms with Crippen LogP contribution >= 0.6 is 11.6 Å². The first kappa shape index (κ1) is 19.7. The Balaban J connectivity index is 1.47. The predicted octanol–water partition coefficient (Wildman–Crippen LogP) is 5.15. The predicted molar refractivity (Wildman–Crippen MR) is 111 cm³/mol. The van der Waals surface area contributed by atoms with Gasteiger partial charge in [-0.25, -0.2) is 4.39 Å². The normalized spacial score (nSPS) is 10.4. The molecule has 0 atom stereocenters. The highest BCUT2D eigenvalue weighted by molar-refractivity contribution is 6.31. The van der Waals surface area contributed by atoms with E-state index >= 15 is 0 Å². The molecule has 1 amide bonds. The zero-order valence-corrected chi connectivity index (χ0v) is 15.9. The zero-order valence-electron chi connectivity index (χ0n) is 15.1. The Morgan fingerprint density at radius 1 is 0.964 bits per heavy atom. The lowest BCUT2D eigenvalue weighted by Crippen LogP contribution is -2.21. The van der Waals surface area contributed by atoms with Crippen LogP contribution in [-0.2, 0) is 11.2 Å². The van der Waals surface area contributed by atoms with Crippen LogP contribution in [0.5, 0.6) is 5.75 Å². The van der Waals surface area contributed by atoms with Crippen molar-refractivity contribution < 1.29 is 13.9 Å². The molecular weight excluding hydrogens is 379 g/mol. The van der Waals surface area contributed by atoms with Gasteiger partial charge in [0.1, 0.15) is 11.6 Å². The van der Waals surface area contributed by atoms with Crippen molar-refractivity contribution in [1.82, 2.24) is 0 Å². The van der Waals surface area contributed by atoms with Gasteiger partial charge in [-0.2, -0.15) is 0 Å². The molecule has 3 rings (SSSR count). The molecule has 0 unspecified atom stereocenters. The fourth-order valence-electron chi connectivity index (χ4n) is 2.59. The summed E-state index contributed by atoms with van der Waals surface area (Å²) in [6, 6.07) is 21.5. The Morgan fingerprint density at radius 3 is 2.57 bits per heavy atom. The number of amides is 1. The average molecular weight is 399 g/mol. The minimum atomic E-state index is -0.499. The van der Waals surface area contributed by atoms with E-state index in [1.54, 1.807) is 12.1 Å². The van der Waals surface area contributed by atoms with Crippen LogP contribution in [0.15, 0.2) is 72.8 Å². The summed E-state index contributed by atoms with van der Waals surface area (Å²) >= 11 is 5.73. The SMILES string of the molecule is O=C(CNc1ccc(F)c(Cl)c1)Nc1cccc(OCCc2ccccc2)c1. The van der Waals surface area contributed by atoms with E-state index in [0.29, 0.717) is 23.7 Å². The Hall–Kier alpha value is -3.05. The Labute approximate surface area is 168 Å². The monoisotopic (exact) mass is 398 g/mol. The Morgan fingerprint density at radius 2 is 1.79 bits per heavy atom. The highest BCUT2D eigenvalue weighted by Crippen LogP contribution is 2.20. The van der Waals surface area contributed by atoms with Gasteiger partial charge in [0.2, 0.25) is 5.91 Å². The molecule has 3 aromatic rings. The first-order valence-corrected chi connectivity index (χ1v) is 9.23. The lowest BCUT2D eigenvalue weighted by molar-refractivity contribution is -0.114. The van der Waals surface area contributed by atoms with Crippen molar-refractivity contribution in [3.05, 3.63) is 89.2 Å². The summed E-state index contributed by atoms with van der Waals surface area (Å²) in [5.41, 5.74) is 2.42. The van der Waals surface area contributed by atoms with Crippen LogP contribution < -0.4 is 15.4 Å². The summed E-state index contributed by atoms with van der Waals surface area (Å²) in [6.07, 6.45) is 0.807. The number of benzene rings is 3. The van der Waals surface area contributed by atoms with Gasteiger partial charge in [0, 0.05) is 23.9 Å². The summed E-state index contributed by atoms with van der Waals surface area (Å²) in [5.74, 6) is -0.0466. The standard InChI is InChI=1S/C22H20ClFN2O2/c23-20-14-17(9-10-21(20)24)25-15-22(27)26-18-7-4-8-19(13-18)28-12-11-16-5-2-1-3-6-16/h1-10,13-14,25H,11-12,15H2,(H,26,27). The van der Waals surface area contributed by atoms with E-state index in [4.69, 9.17) is 16.3 Å². The second kappa shape index (κ2) is 9.76. The molecule has 0 saturated heterocycles. The van der Waals surface area contributed by atoms with Gasteiger partial charge in [-0.3, -0.25) is 4.79 Å². The first-order chi connectivity index (χ1) is 13.6. The van der Waals surface area contributed by atoms with E-state index in [1.807, 2.05) is 30.3 Å². The van der Waals surface area contributed by atoms with Gasteiger partial charge in [0.15, 0.2) is 0 Å². The summed E-state index contributed by atoms with van der Waals surface area (Å²) in [5, 5.41) is 5.71. The molecule has 0 aliphatic rings. The molecular formula is C22H20ClFN2O2. The van der Waals surface area contributed by atoms with Crippen molar-refractivity contribution in [2.24, 2.45) is 0 Å². The van der Waals surface area contributed by atoms with Gasteiger partial charge < -0.3 is 15.4 Å². The van der Waals surface area contributed by atoms with Crippen LogP contribution in [0.4, 0.5) is 15.8 Å². The number of nitrogens with one attached hydrogen (secondary N) is 2. The maximum Gasteiger partial charge on any atom is 0.243 e. The lowest BCUT2D eigenvalue weighted by Gasteiger charge is -2.10. The van der Waals surface area contributed by atoms with Crippen molar-refractivity contribution in [3.8, 4) is 5.75 Å². The molecule has 0 aliphatic heterocycles. The van der Waals surface area contributed by atoms with E-state index in [9.17, 15) is 9.18 Å². The largest absolute Gasteiger partial charge is 0.493 e. The van der Waals surface area contributed by atoms with E-state index < -0.39 is 5.82 Å². The minimum absolute atomic E-state index is 0.00533. The van der Waals surface area contributed by atoms with E-state index in [2.05, 4.69) is 22.8 Å². The van der Waals surface area contributed by atoms with Crippen molar-refractivity contribution in [2.45, 2.75) is 6.42 Å². The number of rotatable bonds is 8. The lowest BCUT2D eigenvalue weighted by atomic mass is 10.2. The van der Waals surface area contributed by atoms with E-state index in [1.165, 1.54) is 23.8 Å².